The molecule has 0 spiro atoms. The molecule has 3 rings (SSSR count). The molecule has 0 fully saturated rings. The molecule has 0 atom stereocenters. The van der Waals surface area contributed by atoms with Gasteiger partial charge >= 0.3 is 5.97 Å². The number of aliphatic imine (C=N–C) groups is 1. The van der Waals surface area contributed by atoms with E-state index in [1.807, 2.05) is 42.5 Å². The van der Waals surface area contributed by atoms with E-state index in [4.69, 9.17) is 9.47 Å². The monoisotopic (exact) mass is 361 g/mol. The topological polar surface area (TPSA) is 47.9 Å². The molecule has 0 saturated carbocycles. The number of unbranched alkanes of at least 4 members (excludes halogenated alkanes) is 1. The molecule has 0 radical (unpaired) electrons. The van der Waals surface area contributed by atoms with Gasteiger partial charge in [0.05, 0.1) is 7.11 Å². The molecule has 27 heavy (non-hydrogen) atoms. The van der Waals surface area contributed by atoms with Crippen molar-refractivity contribution < 1.29 is 14.3 Å². The minimum absolute atomic E-state index is 0.284. The zero-order valence-corrected chi connectivity index (χ0v) is 15.6. The molecule has 0 N–H and O–H groups in total. The summed E-state index contributed by atoms with van der Waals surface area (Å²) >= 11 is 0. The van der Waals surface area contributed by atoms with Gasteiger partial charge < -0.3 is 9.47 Å². The van der Waals surface area contributed by atoms with Gasteiger partial charge in [-0.3, -0.25) is 0 Å². The number of nitrogens with zero attached hydrogens (tertiary/aromatic N) is 1. The predicted molar refractivity (Wildman–Crippen MR) is 108 cm³/mol. The van der Waals surface area contributed by atoms with Gasteiger partial charge in [-0.2, -0.15) is 0 Å². The van der Waals surface area contributed by atoms with Crippen molar-refractivity contribution in [3.05, 3.63) is 83.1 Å². The van der Waals surface area contributed by atoms with Gasteiger partial charge in [0.1, 0.15) is 5.75 Å². The van der Waals surface area contributed by atoms with E-state index in [0.717, 1.165) is 23.3 Å². The molecule has 4 heteroatoms. The molecule has 4 nitrogen and oxygen atoms in total. The van der Waals surface area contributed by atoms with E-state index in [1.54, 1.807) is 19.3 Å². The zero-order valence-electron chi connectivity index (χ0n) is 15.6. The molecular weight excluding hydrogens is 338 g/mol. The van der Waals surface area contributed by atoms with E-state index in [2.05, 4.69) is 24.0 Å². The summed E-state index contributed by atoms with van der Waals surface area (Å²) in [6.07, 6.45) is 8.69. The lowest BCUT2D eigenvalue weighted by Gasteiger charge is -2.02. The average molecular weight is 361 g/mol. The molecule has 138 valence electrons. The van der Waals surface area contributed by atoms with E-state index >= 15 is 0 Å². The van der Waals surface area contributed by atoms with Gasteiger partial charge in [-0.15, -0.1) is 0 Å². The number of allylic oxidation sites excluding steroid dienone is 2. The van der Waals surface area contributed by atoms with E-state index in [9.17, 15) is 4.79 Å². The summed E-state index contributed by atoms with van der Waals surface area (Å²) in [5.41, 5.74) is 3.29. The second-order valence-electron chi connectivity index (χ2n) is 6.26. The summed E-state index contributed by atoms with van der Waals surface area (Å²) in [5, 5.41) is 0. The lowest BCUT2D eigenvalue weighted by atomic mass is 10.1. The Morgan fingerprint density at radius 3 is 2.63 bits per heavy atom. The van der Waals surface area contributed by atoms with Crippen LogP contribution in [0.4, 0.5) is 0 Å². The fraction of sp³-hybridized carbons (Fsp3) is 0.217. The maximum atomic E-state index is 12.1. The fourth-order valence-electron chi connectivity index (χ4n) is 2.79. The number of rotatable bonds is 7. The second-order valence-corrected chi connectivity index (χ2v) is 6.26. The molecule has 0 aliphatic carbocycles. The minimum atomic E-state index is -0.440. The number of cyclic esters (lactones) is 1. The van der Waals surface area contributed by atoms with Crippen LogP contribution in [0.5, 0.6) is 5.75 Å². The number of methoxy groups -OCH3 is 1. The first-order valence-corrected chi connectivity index (χ1v) is 9.13. The highest BCUT2D eigenvalue weighted by Gasteiger charge is 2.23. The number of benzene rings is 2. The lowest BCUT2D eigenvalue weighted by molar-refractivity contribution is -0.130. The number of hydrogen-bond acceptors (Lipinski definition) is 4. The smallest absolute Gasteiger partial charge is 0.363 e. The van der Waals surface area contributed by atoms with Gasteiger partial charge in [0, 0.05) is 11.1 Å². The van der Waals surface area contributed by atoms with Crippen molar-refractivity contribution in [3.63, 3.8) is 0 Å². The van der Waals surface area contributed by atoms with Crippen LogP contribution >= 0.6 is 0 Å². The van der Waals surface area contributed by atoms with Gasteiger partial charge in [-0.1, -0.05) is 55.8 Å². The summed E-state index contributed by atoms with van der Waals surface area (Å²) in [6, 6.07) is 15.7. The van der Waals surface area contributed by atoms with Gasteiger partial charge in [0.2, 0.25) is 5.90 Å². The Morgan fingerprint density at radius 1 is 1.11 bits per heavy atom. The molecule has 2 aromatic rings. The highest BCUT2D eigenvalue weighted by molar-refractivity contribution is 6.11. The van der Waals surface area contributed by atoms with E-state index in [1.165, 1.54) is 18.4 Å². The molecule has 0 saturated heterocycles. The Morgan fingerprint density at radius 2 is 1.89 bits per heavy atom. The molecule has 0 unspecified atom stereocenters. The lowest BCUT2D eigenvalue weighted by Crippen LogP contribution is -2.05. The Kier molecular flexibility index (Phi) is 6.21. The molecule has 2 aromatic carbocycles. The highest BCUT2D eigenvalue weighted by Crippen LogP contribution is 2.20. The predicted octanol–water partition coefficient (Wildman–Crippen LogP) is 4.94. The normalized spacial score (nSPS) is 15.3. The van der Waals surface area contributed by atoms with Crippen LogP contribution in [-0.4, -0.2) is 19.0 Å². The third-order valence-electron chi connectivity index (χ3n) is 4.31. The summed E-state index contributed by atoms with van der Waals surface area (Å²) < 4.78 is 10.6. The number of hydrogen-bond donors (Lipinski definition) is 0. The molecule has 1 aliphatic heterocycles. The van der Waals surface area contributed by atoms with E-state index in [0.29, 0.717) is 5.90 Å². The standard InChI is InChI=1S/C23H23NO3/c1-3-4-8-17-13-15-19(16-14-17)22-24-20(23(25)27-22)11-7-10-18-9-5-6-12-21(18)26-2/h5-7,9-16H,3-4,8H2,1-2H3. The van der Waals surface area contributed by atoms with Crippen molar-refractivity contribution in [1.82, 2.24) is 0 Å². The summed E-state index contributed by atoms with van der Waals surface area (Å²) in [5.74, 6) is 0.678. The number of para-hydroxylation sites is 1. The van der Waals surface area contributed by atoms with E-state index < -0.39 is 5.97 Å². The van der Waals surface area contributed by atoms with Crippen LogP contribution in [0.3, 0.4) is 0 Å². The van der Waals surface area contributed by atoms with Gasteiger partial charge in [-0.05, 0) is 42.7 Å². The highest BCUT2D eigenvalue weighted by atomic mass is 16.6. The number of carbonyl (C=O) groups is 1. The molecule has 0 aromatic heterocycles. The Balaban J connectivity index is 1.73. The number of ether oxygens (including phenoxy) is 2. The van der Waals surface area contributed by atoms with Crippen LogP contribution in [0.1, 0.15) is 36.5 Å². The Bertz CT molecular complexity index is 892. The number of carbonyl (C=O) groups excluding carboxylic acids is 1. The second kappa shape index (κ2) is 8.99. The van der Waals surface area contributed by atoms with Gasteiger partial charge in [0.25, 0.3) is 0 Å². The van der Waals surface area contributed by atoms with Crippen LogP contribution in [0.2, 0.25) is 0 Å². The SMILES string of the molecule is CCCCc1ccc(C2=NC(=CC=Cc3ccccc3OC)C(=O)O2)cc1. The third kappa shape index (κ3) is 4.73. The van der Waals surface area contributed by atoms with Crippen molar-refractivity contribution in [1.29, 1.82) is 0 Å². The van der Waals surface area contributed by atoms with Crippen LogP contribution in [-0.2, 0) is 16.0 Å². The molecule has 1 aliphatic rings. The first-order valence-electron chi connectivity index (χ1n) is 9.13. The molecule has 0 bridgehead atoms. The van der Waals surface area contributed by atoms with Crippen LogP contribution in [0.15, 0.2) is 71.4 Å². The fourth-order valence-corrected chi connectivity index (χ4v) is 2.79. The first-order chi connectivity index (χ1) is 13.2. The van der Waals surface area contributed by atoms with Crippen molar-refractivity contribution in [3.8, 4) is 5.75 Å². The molecule has 1 heterocycles. The summed E-state index contributed by atoms with van der Waals surface area (Å²) in [6.45, 7) is 2.18. The third-order valence-corrected chi connectivity index (χ3v) is 4.31. The number of aryl methyl sites for hydroxylation is 1. The quantitative estimate of drug-likeness (QED) is 0.518. The van der Waals surface area contributed by atoms with Crippen LogP contribution in [0, 0.1) is 0 Å². The molecular formula is C23H23NO3. The van der Waals surface area contributed by atoms with Gasteiger partial charge in [-0.25, -0.2) is 9.79 Å². The van der Waals surface area contributed by atoms with Crippen molar-refractivity contribution in [2.75, 3.05) is 7.11 Å². The average Bonchev–Trinajstić information content (AvgIpc) is 3.08. The summed E-state index contributed by atoms with van der Waals surface area (Å²) in [7, 11) is 1.63. The van der Waals surface area contributed by atoms with Crippen LogP contribution < -0.4 is 4.74 Å². The maximum Gasteiger partial charge on any atom is 0.363 e. The van der Waals surface area contributed by atoms with E-state index in [-0.39, 0.29) is 5.70 Å². The molecule has 0 amide bonds. The minimum Gasteiger partial charge on any atom is -0.496 e. The number of esters is 1. The van der Waals surface area contributed by atoms with Crippen molar-refractivity contribution in [2.45, 2.75) is 26.2 Å². The van der Waals surface area contributed by atoms with Crippen molar-refractivity contribution in [2.24, 2.45) is 4.99 Å². The Labute approximate surface area is 159 Å². The summed E-state index contributed by atoms with van der Waals surface area (Å²) in [4.78, 5) is 16.4. The van der Waals surface area contributed by atoms with Gasteiger partial charge in [0.15, 0.2) is 5.70 Å². The zero-order chi connectivity index (χ0) is 19.1. The first kappa shape index (κ1) is 18.6. The maximum absolute atomic E-state index is 12.1. The largest absolute Gasteiger partial charge is 0.496 e. The van der Waals surface area contributed by atoms with Crippen molar-refractivity contribution >= 4 is 17.9 Å². The Hall–Kier alpha value is -3.14. The van der Waals surface area contributed by atoms with Crippen LogP contribution in [0.25, 0.3) is 6.08 Å².